The number of alkyl halides is 3. The number of ether oxygens (including phenoxy) is 1. The number of hydrogen-bond donors (Lipinski definition) is 1. The van der Waals surface area contributed by atoms with Crippen molar-refractivity contribution in [1.82, 2.24) is 9.97 Å². The van der Waals surface area contributed by atoms with Crippen molar-refractivity contribution >= 4 is 11.0 Å². The minimum atomic E-state index is -4.67. The molecule has 0 amide bonds. The van der Waals surface area contributed by atoms with Crippen molar-refractivity contribution in [3.8, 4) is 5.75 Å². The summed E-state index contributed by atoms with van der Waals surface area (Å²) in [6.07, 6.45) is -2.26. The number of aromatic amines is 1. The van der Waals surface area contributed by atoms with Gasteiger partial charge in [0.05, 0.1) is 11.0 Å². The summed E-state index contributed by atoms with van der Waals surface area (Å²) in [5, 5.41) is 0. The summed E-state index contributed by atoms with van der Waals surface area (Å²) in [5.74, 6) is -0.287. The average Bonchev–Trinajstić information content (AvgIpc) is 2.47. The summed E-state index contributed by atoms with van der Waals surface area (Å²) in [6, 6.07) is 3.84. The average molecular weight is 201 g/mol. The zero-order valence-electron chi connectivity index (χ0n) is 6.72. The fourth-order valence-electron chi connectivity index (χ4n) is 1.06. The van der Waals surface area contributed by atoms with Gasteiger partial charge in [-0.25, -0.2) is 4.98 Å². The van der Waals surface area contributed by atoms with E-state index in [2.05, 4.69) is 21.0 Å². The van der Waals surface area contributed by atoms with Crippen LogP contribution in [0.5, 0.6) is 5.75 Å². The Morgan fingerprint density at radius 1 is 1.36 bits per heavy atom. The summed E-state index contributed by atoms with van der Waals surface area (Å²) >= 11 is 0. The minimum absolute atomic E-state index is 0.287. The Kier molecular flexibility index (Phi) is 1.83. The van der Waals surface area contributed by atoms with Crippen molar-refractivity contribution in [2.45, 2.75) is 6.36 Å². The molecule has 0 aliphatic heterocycles. The SMILES string of the molecule is FC(F)(F)Oc1ccc2[nH][c]nc2c1. The second-order valence-corrected chi connectivity index (χ2v) is 2.58. The van der Waals surface area contributed by atoms with E-state index >= 15 is 0 Å². The van der Waals surface area contributed by atoms with Crippen molar-refractivity contribution < 1.29 is 17.9 Å². The molecule has 1 N–H and O–H groups in total. The molecule has 2 aromatic rings. The molecule has 14 heavy (non-hydrogen) atoms. The van der Waals surface area contributed by atoms with Gasteiger partial charge >= 0.3 is 6.36 Å². The van der Waals surface area contributed by atoms with Crippen LogP contribution in [0.4, 0.5) is 13.2 Å². The van der Waals surface area contributed by atoms with Crippen LogP contribution in [0.25, 0.3) is 11.0 Å². The number of aromatic nitrogens is 2. The van der Waals surface area contributed by atoms with Crippen LogP contribution in [0.2, 0.25) is 0 Å². The monoisotopic (exact) mass is 201 g/mol. The van der Waals surface area contributed by atoms with Gasteiger partial charge in [-0.1, -0.05) is 0 Å². The van der Waals surface area contributed by atoms with Crippen molar-refractivity contribution in [3.63, 3.8) is 0 Å². The third kappa shape index (κ3) is 1.78. The Morgan fingerprint density at radius 3 is 2.86 bits per heavy atom. The summed E-state index contributed by atoms with van der Waals surface area (Å²) in [5.41, 5.74) is 0.992. The molecule has 0 saturated carbocycles. The molecule has 2 rings (SSSR count). The number of nitrogens with zero attached hydrogens (tertiary/aromatic N) is 1. The molecule has 1 heterocycles. The van der Waals surface area contributed by atoms with E-state index in [1.807, 2.05) is 0 Å². The standard InChI is InChI=1S/C8H4F3N2O/c9-8(10,11)14-5-1-2-6-7(3-5)13-4-12-6/h1-3H,(H,12,13). The lowest BCUT2D eigenvalue weighted by Crippen LogP contribution is -2.16. The molecule has 0 spiro atoms. The third-order valence-corrected chi connectivity index (χ3v) is 1.57. The summed E-state index contributed by atoms with van der Waals surface area (Å²) in [4.78, 5) is 6.32. The Morgan fingerprint density at radius 2 is 2.14 bits per heavy atom. The molecule has 6 heteroatoms. The first kappa shape index (κ1) is 8.86. The van der Waals surface area contributed by atoms with Gasteiger partial charge < -0.3 is 9.72 Å². The van der Waals surface area contributed by atoms with Gasteiger partial charge in [0, 0.05) is 6.07 Å². The predicted octanol–water partition coefficient (Wildman–Crippen LogP) is 2.26. The Balaban J connectivity index is 2.35. The molecular weight excluding hydrogens is 197 g/mol. The zero-order valence-corrected chi connectivity index (χ0v) is 6.72. The maximum absolute atomic E-state index is 11.8. The molecule has 3 nitrogen and oxygen atoms in total. The second-order valence-electron chi connectivity index (χ2n) is 2.58. The van der Waals surface area contributed by atoms with E-state index in [0.29, 0.717) is 11.0 Å². The van der Waals surface area contributed by atoms with E-state index in [1.54, 1.807) is 0 Å². The van der Waals surface area contributed by atoms with Crippen molar-refractivity contribution in [3.05, 3.63) is 24.5 Å². The van der Waals surface area contributed by atoms with E-state index in [0.717, 1.165) is 0 Å². The smallest absolute Gasteiger partial charge is 0.406 e. The first-order valence-corrected chi connectivity index (χ1v) is 3.66. The highest BCUT2D eigenvalue weighted by atomic mass is 19.4. The van der Waals surface area contributed by atoms with Crippen LogP contribution >= 0.6 is 0 Å². The highest BCUT2D eigenvalue weighted by molar-refractivity contribution is 5.75. The number of imidazole rings is 1. The quantitative estimate of drug-likeness (QED) is 0.768. The van der Waals surface area contributed by atoms with Crippen molar-refractivity contribution in [1.29, 1.82) is 0 Å². The summed E-state index contributed by atoms with van der Waals surface area (Å²) < 4.78 is 39.1. The van der Waals surface area contributed by atoms with Crippen LogP contribution in [-0.2, 0) is 0 Å². The number of H-pyrrole nitrogens is 1. The minimum Gasteiger partial charge on any atom is -0.406 e. The maximum atomic E-state index is 11.8. The highest BCUT2D eigenvalue weighted by Crippen LogP contribution is 2.24. The van der Waals surface area contributed by atoms with Crippen LogP contribution in [0.1, 0.15) is 0 Å². The van der Waals surface area contributed by atoms with Gasteiger partial charge in [-0.05, 0) is 12.1 Å². The highest BCUT2D eigenvalue weighted by Gasteiger charge is 2.31. The number of hydrogen-bond acceptors (Lipinski definition) is 2. The largest absolute Gasteiger partial charge is 0.573 e. The Bertz CT molecular complexity index is 449. The van der Waals surface area contributed by atoms with Crippen molar-refractivity contribution in [2.24, 2.45) is 0 Å². The summed E-state index contributed by atoms with van der Waals surface area (Å²) in [6.45, 7) is 0. The fourth-order valence-corrected chi connectivity index (χ4v) is 1.06. The number of fused-ring (bicyclic) bond motifs is 1. The first-order chi connectivity index (χ1) is 6.54. The number of rotatable bonds is 1. The number of halogens is 3. The van der Waals surface area contributed by atoms with Gasteiger partial charge in [-0.2, -0.15) is 0 Å². The molecule has 1 aromatic carbocycles. The van der Waals surface area contributed by atoms with Gasteiger partial charge in [-0.3, -0.25) is 0 Å². The lowest BCUT2D eigenvalue weighted by atomic mass is 10.3. The molecule has 0 fully saturated rings. The molecule has 1 aromatic heterocycles. The fraction of sp³-hybridized carbons (Fsp3) is 0.125. The van der Waals surface area contributed by atoms with Gasteiger partial charge in [0.1, 0.15) is 5.75 Å². The molecule has 0 saturated heterocycles. The van der Waals surface area contributed by atoms with Gasteiger partial charge in [0.15, 0.2) is 6.33 Å². The van der Waals surface area contributed by atoms with E-state index in [-0.39, 0.29) is 5.75 Å². The van der Waals surface area contributed by atoms with Gasteiger partial charge in [0.25, 0.3) is 0 Å². The van der Waals surface area contributed by atoms with E-state index in [9.17, 15) is 13.2 Å². The molecule has 0 atom stereocenters. The molecule has 0 aliphatic carbocycles. The normalized spacial score (nSPS) is 11.9. The van der Waals surface area contributed by atoms with E-state index in [1.165, 1.54) is 18.2 Å². The summed E-state index contributed by atoms with van der Waals surface area (Å²) in [7, 11) is 0. The van der Waals surface area contributed by atoms with Gasteiger partial charge in [-0.15, -0.1) is 13.2 Å². The lowest BCUT2D eigenvalue weighted by Gasteiger charge is -2.07. The molecule has 0 unspecified atom stereocenters. The number of nitrogens with one attached hydrogen (secondary N) is 1. The van der Waals surface area contributed by atoms with Crippen LogP contribution in [0.3, 0.4) is 0 Å². The Labute approximate surface area is 76.5 Å². The topological polar surface area (TPSA) is 37.9 Å². The predicted molar refractivity (Wildman–Crippen MR) is 41.6 cm³/mol. The van der Waals surface area contributed by atoms with Crippen LogP contribution in [-0.4, -0.2) is 16.3 Å². The molecule has 0 aliphatic rings. The second kappa shape index (κ2) is 2.90. The third-order valence-electron chi connectivity index (χ3n) is 1.57. The van der Waals surface area contributed by atoms with Crippen LogP contribution < -0.4 is 4.74 Å². The molecule has 1 radical (unpaired) electrons. The Hall–Kier alpha value is -1.72. The maximum Gasteiger partial charge on any atom is 0.573 e. The van der Waals surface area contributed by atoms with Crippen LogP contribution in [0, 0.1) is 6.33 Å². The number of benzene rings is 1. The van der Waals surface area contributed by atoms with Crippen LogP contribution in [0.15, 0.2) is 18.2 Å². The van der Waals surface area contributed by atoms with E-state index < -0.39 is 6.36 Å². The zero-order chi connectivity index (χ0) is 10.2. The van der Waals surface area contributed by atoms with Crippen molar-refractivity contribution in [2.75, 3.05) is 0 Å². The molecule has 0 bridgehead atoms. The lowest BCUT2D eigenvalue weighted by molar-refractivity contribution is -0.274. The molecule has 73 valence electrons. The first-order valence-electron chi connectivity index (χ1n) is 3.66. The molecular formula is C8H4F3N2O. The van der Waals surface area contributed by atoms with E-state index in [4.69, 9.17) is 0 Å². The van der Waals surface area contributed by atoms with Gasteiger partial charge in [0.2, 0.25) is 0 Å².